The van der Waals surface area contributed by atoms with Crippen LogP contribution in [0.1, 0.15) is 27.8 Å². The summed E-state index contributed by atoms with van der Waals surface area (Å²) in [6, 6.07) is 69.3. The minimum atomic E-state index is -0.573. The maximum atomic E-state index is 6.40. The van der Waals surface area contributed by atoms with Gasteiger partial charge >= 0.3 is 0 Å². The minimum absolute atomic E-state index is 0.573. The zero-order chi connectivity index (χ0) is 34.6. The molecule has 9 aromatic carbocycles. The zero-order valence-corrected chi connectivity index (χ0v) is 29.4. The normalized spacial score (nSPS) is 14.8. The van der Waals surface area contributed by atoms with Crippen molar-refractivity contribution >= 4 is 49.8 Å². The molecule has 246 valence electrons. The van der Waals surface area contributed by atoms with Gasteiger partial charge in [-0.25, -0.2) is 0 Å². The molecule has 2 N–H and O–H groups in total. The Kier molecular flexibility index (Phi) is 7.26. The first-order valence-electron chi connectivity index (χ1n) is 17.9. The third-order valence-electron chi connectivity index (χ3n) is 11.0. The number of hydrogen-bond donors (Lipinski definition) is 1. The average Bonchev–Trinajstić information content (AvgIpc) is 3.50. The summed E-state index contributed by atoms with van der Waals surface area (Å²) >= 11 is 1.80. The quantitative estimate of drug-likeness (QED) is 0.107. The molecule has 2 heteroatoms. The lowest BCUT2D eigenvalue weighted by atomic mass is 9.64. The summed E-state index contributed by atoms with van der Waals surface area (Å²) in [6.07, 6.45) is 0. The van der Waals surface area contributed by atoms with Gasteiger partial charge < -0.3 is 5.73 Å². The summed E-state index contributed by atoms with van der Waals surface area (Å²) in [7, 11) is 0. The third-order valence-corrected chi connectivity index (χ3v) is 12.2. The summed E-state index contributed by atoms with van der Waals surface area (Å²) in [5, 5.41) is 7.59. The first kappa shape index (κ1) is 30.7. The van der Waals surface area contributed by atoms with Gasteiger partial charge in [0.1, 0.15) is 0 Å². The summed E-state index contributed by atoms with van der Waals surface area (Å²) < 4.78 is 0. The molecule has 0 fully saturated rings. The summed E-state index contributed by atoms with van der Waals surface area (Å²) in [5.74, 6) is 0.824. The Bertz CT molecular complexity index is 2760. The van der Waals surface area contributed by atoms with E-state index in [-0.39, 0.29) is 0 Å². The second-order valence-electron chi connectivity index (χ2n) is 13.7. The fourth-order valence-corrected chi connectivity index (χ4v) is 9.78. The monoisotopic (exact) mass is 681 g/mol. The van der Waals surface area contributed by atoms with Crippen molar-refractivity contribution in [1.82, 2.24) is 0 Å². The lowest BCUT2D eigenvalue weighted by Crippen LogP contribution is -2.29. The van der Waals surface area contributed by atoms with Crippen LogP contribution in [0, 0.1) is 0 Å². The van der Waals surface area contributed by atoms with E-state index < -0.39 is 5.41 Å². The first-order valence-corrected chi connectivity index (χ1v) is 18.9. The molecule has 0 radical (unpaired) electrons. The molecule has 0 bridgehead atoms. The summed E-state index contributed by atoms with van der Waals surface area (Å²) in [6.45, 7) is 0. The van der Waals surface area contributed by atoms with Crippen molar-refractivity contribution < 1.29 is 0 Å². The van der Waals surface area contributed by atoms with Gasteiger partial charge in [0.25, 0.3) is 0 Å². The van der Waals surface area contributed by atoms with Crippen molar-refractivity contribution in [3.63, 3.8) is 0 Å². The van der Waals surface area contributed by atoms with Crippen LogP contribution in [0.3, 0.4) is 0 Å². The van der Waals surface area contributed by atoms with Gasteiger partial charge in [-0.05, 0) is 94.5 Å². The van der Waals surface area contributed by atoms with Crippen LogP contribution in [0.25, 0.3) is 54.6 Å². The number of nitrogens with two attached hydrogens (primary N) is 1. The summed E-state index contributed by atoms with van der Waals surface area (Å²) in [5.41, 5.74) is 18.3. The molecule has 0 amide bonds. The maximum Gasteiger partial charge on any atom is 0.0725 e. The van der Waals surface area contributed by atoms with Crippen LogP contribution >= 0.6 is 11.8 Å². The number of benzene rings is 9. The highest BCUT2D eigenvalue weighted by Crippen LogP contribution is 2.60. The molecule has 0 aliphatic heterocycles. The molecular formula is C50H35NS. The molecule has 1 aliphatic carbocycles. The molecule has 0 saturated carbocycles. The van der Waals surface area contributed by atoms with Crippen molar-refractivity contribution in [2.75, 3.05) is 5.73 Å². The van der Waals surface area contributed by atoms with E-state index in [1.54, 1.807) is 11.8 Å². The highest BCUT2D eigenvalue weighted by atomic mass is 32.2. The highest BCUT2D eigenvalue weighted by molar-refractivity contribution is 7.98. The molecule has 1 atom stereocenters. The lowest BCUT2D eigenvalue weighted by molar-refractivity contribution is 0.782. The Hall–Kier alpha value is -6.09. The standard InChI is InChI=1S/C50H35NS/c51-46-27-12-13-28-47(46)52-32-33-29-30-38-37-20-10-11-26-44(37)50(45(38)31-33,35-17-2-1-3-18-35)49-42-23-8-6-21-40(42)48(41-22-7-9-24-43(41)49)39-25-14-16-34-15-4-5-19-36(34)39/h1-31H,32,51H2. The molecule has 9 aromatic rings. The number of hydrogen-bond acceptors (Lipinski definition) is 2. The molecule has 0 heterocycles. The third kappa shape index (κ3) is 4.58. The van der Waals surface area contributed by atoms with Crippen LogP contribution in [0.5, 0.6) is 0 Å². The van der Waals surface area contributed by atoms with Crippen LogP contribution in [-0.2, 0) is 11.2 Å². The number of thioether (sulfide) groups is 1. The minimum Gasteiger partial charge on any atom is -0.398 e. The highest BCUT2D eigenvalue weighted by Gasteiger charge is 2.48. The van der Waals surface area contributed by atoms with Crippen LogP contribution in [0.15, 0.2) is 193 Å². The van der Waals surface area contributed by atoms with E-state index in [1.807, 2.05) is 12.1 Å². The topological polar surface area (TPSA) is 26.0 Å². The molecular weight excluding hydrogens is 647 g/mol. The van der Waals surface area contributed by atoms with Gasteiger partial charge in [-0.15, -0.1) is 11.8 Å². The predicted molar refractivity (Wildman–Crippen MR) is 222 cm³/mol. The van der Waals surface area contributed by atoms with Crippen molar-refractivity contribution in [3.05, 3.63) is 216 Å². The van der Waals surface area contributed by atoms with E-state index in [0.717, 1.165) is 16.3 Å². The molecule has 1 unspecified atom stereocenters. The van der Waals surface area contributed by atoms with E-state index in [0.29, 0.717) is 0 Å². The second-order valence-corrected chi connectivity index (χ2v) is 14.8. The van der Waals surface area contributed by atoms with E-state index in [9.17, 15) is 0 Å². The van der Waals surface area contributed by atoms with Crippen molar-refractivity contribution in [2.45, 2.75) is 16.1 Å². The van der Waals surface area contributed by atoms with Gasteiger partial charge in [0.15, 0.2) is 0 Å². The fraction of sp³-hybridized carbons (Fsp3) is 0.0400. The van der Waals surface area contributed by atoms with Gasteiger partial charge in [0.05, 0.1) is 5.41 Å². The molecule has 1 aliphatic rings. The van der Waals surface area contributed by atoms with Crippen molar-refractivity contribution in [1.29, 1.82) is 0 Å². The molecule has 1 nitrogen and oxygen atoms in total. The average molecular weight is 682 g/mol. The first-order chi connectivity index (χ1) is 25.7. The largest absolute Gasteiger partial charge is 0.398 e. The predicted octanol–water partition coefficient (Wildman–Crippen LogP) is 13.1. The number of para-hydroxylation sites is 1. The number of nitrogen functional groups attached to an aromatic ring is 1. The van der Waals surface area contributed by atoms with Gasteiger partial charge in [0.2, 0.25) is 0 Å². The van der Waals surface area contributed by atoms with E-state index in [4.69, 9.17) is 5.73 Å². The second kappa shape index (κ2) is 12.3. The van der Waals surface area contributed by atoms with Gasteiger partial charge in [-0.1, -0.05) is 176 Å². The van der Waals surface area contributed by atoms with E-state index in [2.05, 4.69) is 176 Å². The molecule has 10 rings (SSSR count). The lowest BCUT2D eigenvalue weighted by Gasteiger charge is -2.36. The smallest absolute Gasteiger partial charge is 0.0725 e. The van der Waals surface area contributed by atoms with E-state index >= 15 is 0 Å². The van der Waals surface area contributed by atoms with Crippen molar-refractivity contribution in [2.24, 2.45) is 0 Å². The fourth-order valence-electron chi connectivity index (χ4n) is 8.87. The molecule has 0 aromatic heterocycles. The Morgan fingerprint density at radius 1 is 0.442 bits per heavy atom. The molecule has 0 spiro atoms. The Labute approximate surface area is 308 Å². The Morgan fingerprint density at radius 3 is 1.79 bits per heavy atom. The van der Waals surface area contributed by atoms with Crippen LogP contribution in [0.4, 0.5) is 5.69 Å². The number of fused-ring (bicyclic) bond motifs is 6. The Morgan fingerprint density at radius 2 is 1.02 bits per heavy atom. The zero-order valence-electron chi connectivity index (χ0n) is 28.6. The molecule has 0 saturated heterocycles. The van der Waals surface area contributed by atoms with Crippen LogP contribution in [0.2, 0.25) is 0 Å². The van der Waals surface area contributed by atoms with E-state index in [1.165, 1.54) is 82.4 Å². The maximum absolute atomic E-state index is 6.40. The van der Waals surface area contributed by atoms with Crippen LogP contribution in [-0.4, -0.2) is 0 Å². The SMILES string of the molecule is Nc1ccccc1SCc1ccc2c(c1)C(c1ccccc1)(c1c3ccccc3c(-c3cccc4ccccc34)c3ccccc13)c1ccccc1-2. The van der Waals surface area contributed by atoms with Crippen LogP contribution < -0.4 is 5.73 Å². The van der Waals surface area contributed by atoms with Gasteiger partial charge in [0, 0.05) is 16.3 Å². The van der Waals surface area contributed by atoms with Gasteiger partial charge in [-0.3, -0.25) is 0 Å². The van der Waals surface area contributed by atoms with Gasteiger partial charge in [-0.2, -0.15) is 0 Å². The Balaban J connectivity index is 1.33. The number of rotatable bonds is 6. The number of anilines is 1. The van der Waals surface area contributed by atoms with Crippen molar-refractivity contribution in [3.8, 4) is 22.3 Å². The molecule has 52 heavy (non-hydrogen) atoms. The summed E-state index contributed by atoms with van der Waals surface area (Å²) in [4.78, 5) is 1.11.